The Morgan fingerprint density at radius 2 is 2.20 bits per heavy atom. The molecule has 2 aromatic heterocycles. The second-order valence-corrected chi connectivity index (χ2v) is 7.79. The highest BCUT2D eigenvalue weighted by Gasteiger charge is 2.26. The minimum absolute atomic E-state index is 0.0555. The van der Waals surface area contributed by atoms with Gasteiger partial charge in [0.2, 0.25) is 5.91 Å². The number of likely N-dealkylation sites (tertiary alicyclic amines) is 1. The molecule has 1 saturated heterocycles. The van der Waals surface area contributed by atoms with E-state index in [9.17, 15) is 9.59 Å². The SMILES string of the molecule is CC[C@H]1CCCCN1C(=O)Cn1nc(-c2ccc(C)s2)cc(N)c1=O. The quantitative estimate of drug-likeness (QED) is 0.909. The number of rotatable bonds is 4. The molecule has 0 radical (unpaired) electrons. The number of carbonyl (C=O) groups is 1. The molecule has 7 heteroatoms. The van der Waals surface area contributed by atoms with Crippen molar-refractivity contribution in [1.82, 2.24) is 14.7 Å². The molecular weight excluding hydrogens is 336 g/mol. The van der Waals surface area contributed by atoms with Crippen LogP contribution in [0.4, 0.5) is 5.69 Å². The molecule has 1 atom stereocenters. The third-order valence-electron chi connectivity index (χ3n) is 4.70. The molecule has 134 valence electrons. The molecule has 1 aliphatic rings. The molecule has 0 unspecified atom stereocenters. The van der Waals surface area contributed by atoms with Crippen LogP contribution >= 0.6 is 11.3 Å². The molecule has 3 heterocycles. The van der Waals surface area contributed by atoms with E-state index >= 15 is 0 Å². The number of hydrogen-bond donors (Lipinski definition) is 1. The molecule has 0 aliphatic carbocycles. The van der Waals surface area contributed by atoms with Gasteiger partial charge in [0.15, 0.2) is 0 Å². The molecule has 25 heavy (non-hydrogen) atoms. The van der Waals surface area contributed by atoms with Crippen molar-refractivity contribution in [3.63, 3.8) is 0 Å². The van der Waals surface area contributed by atoms with Gasteiger partial charge in [-0.1, -0.05) is 6.92 Å². The number of piperidine rings is 1. The molecule has 0 bridgehead atoms. The summed E-state index contributed by atoms with van der Waals surface area (Å²) in [6, 6.07) is 5.80. The van der Waals surface area contributed by atoms with Crippen LogP contribution in [0, 0.1) is 6.92 Å². The number of aryl methyl sites for hydroxylation is 1. The topological polar surface area (TPSA) is 81.2 Å². The van der Waals surface area contributed by atoms with Crippen molar-refractivity contribution in [2.75, 3.05) is 12.3 Å². The first-order valence-corrected chi connectivity index (χ1v) is 9.55. The highest BCUT2D eigenvalue weighted by Crippen LogP contribution is 2.26. The Bertz CT molecular complexity index is 827. The molecule has 1 fully saturated rings. The Labute approximate surface area is 151 Å². The predicted molar refractivity (Wildman–Crippen MR) is 101 cm³/mol. The maximum atomic E-state index is 12.7. The van der Waals surface area contributed by atoms with Crippen LogP contribution in [0.5, 0.6) is 0 Å². The minimum atomic E-state index is -0.407. The average molecular weight is 360 g/mol. The van der Waals surface area contributed by atoms with E-state index < -0.39 is 5.56 Å². The van der Waals surface area contributed by atoms with Crippen molar-refractivity contribution in [3.8, 4) is 10.6 Å². The summed E-state index contributed by atoms with van der Waals surface area (Å²) in [5.41, 5.74) is 6.23. The highest BCUT2D eigenvalue weighted by atomic mass is 32.1. The molecule has 0 saturated carbocycles. The van der Waals surface area contributed by atoms with E-state index in [4.69, 9.17) is 5.73 Å². The van der Waals surface area contributed by atoms with Gasteiger partial charge in [-0.3, -0.25) is 9.59 Å². The van der Waals surface area contributed by atoms with Crippen LogP contribution in [0.15, 0.2) is 23.0 Å². The lowest BCUT2D eigenvalue weighted by Gasteiger charge is -2.35. The zero-order chi connectivity index (χ0) is 18.0. The third-order valence-corrected chi connectivity index (χ3v) is 5.72. The van der Waals surface area contributed by atoms with Crippen LogP contribution in [0.25, 0.3) is 10.6 Å². The number of amides is 1. The fourth-order valence-electron chi connectivity index (χ4n) is 3.33. The average Bonchev–Trinajstić information content (AvgIpc) is 3.05. The normalized spacial score (nSPS) is 17.7. The summed E-state index contributed by atoms with van der Waals surface area (Å²) in [7, 11) is 0. The summed E-state index contributed by atoms with van der Waals surface area (Å²) in [5, 5.41) is 4.39. The van der Waals surface area contributed by atoms with Crippen LogP contribution in [0.2, 0.25) is 0 Å². The van der Waals surface area contributed by atoms with Crippen molar-refractivity contribution in [3.05, 3.63) is 33.4 Å². The summed E-state index contributed by atoms with van der Waals surface area (Å²) in [6.07, 6.45) is 4.13. The smallest absolute Gasteiger partial charge is 0.290 e. The van der Waals surface area contributed by atoms with E-state index in [1.807, 2.05) is 24.0 Å². The van der Waals surface area contributed by atoms with E-state index in [1.165, 1.54) is 4.68 Å². The van der Waals surface area contributed by atoms with E-state index in [-0.39, 0.29) is 24.2 Å². The molecule has 1 amide bonds. The lowest BCUT2D eigenvalue weighted by molar-refractivity contribution is -0.135. The van der Waals surface area contributed by atoms with E-state index in [2.05, 4.69) is 12.0 Å². The fourth-order valence-corrected chi connectivity index (χ4v) is 4.16. The maximum Gasteiger partial charge on any atom is 0.290 e. The van der Waals surface area contributed by atoms with Crippen molar-refractivity contribution in [2.24, 2.45) is 0 Å². The Balaban J connectivity index is 1.87. The van der Waals surface area contributed by atoms with Gasteiger partial charge in [0.05, 0.1) is 4.88 Å². The highest BCUT2D eigenvalue weighted by molar-refractivity contribution is 7.15. The number of nitrogens with two attached hydrogens (primary N) is 1. The number of anilines is 1. The molecule has 0 aromatic carbocycles. The van der Waals surface area contributed by atoms with Crippen molar-refractivity contribution in [2.45, 2.75) is 52.1 Å². The van der Waals surface area contributed by atoms with Gasteiger partial charge >= 0.3 is 0 Å². The predicted octanol–water partition coefficient (Wildman–Crippen LogP) is 2.65. The van der Waals surface area contributed by atoms with Crippen LogP contribution in [0.1, 0.15) is 37.5 Å². The molecule has 2 N–H and O–H groups in total. The number of hydrogen-bond acceptors (Lipinski definition) is 5. The third kappa shape index (κ3) is 3.76. The van der Waals surface area contributed by atoms with Gasteiger partial charge in [-0.2, -0.15) is 5.10 Å². The minimum Gasteiger partial charge on any atom is -0.394 e. The van der Waals surface area contributed by atoms with E-state index in [0.29, 0.717) is 5.69 Å². The van der Waals surface area contributed by atoms with Crippen molar-refractivity contribution < 1.29 is 4.79 Å². The van der Waals surface area contributed by atoms with Gasteiger partial charge in [0.25, 0.3) is 5.56 Å². The van der Waals surface area contributed by atoms with E-state index in [1.54, 1.807) is 17.4 Å². The number of thiophene rings is 1. The molecule has 3 rings (SSSR count). The van der Waals surface area contributed by atoms with Gasteiger partial charge in [-0.25, -0.2) is 4.68 Å². The van der Waals surface area contributed by atoms with Crippen molar-refractivity contribution >= 4 is 22.9 Å². The number of carbonyl (C=O) groups excluding carboxylic acids is 1. The summed E-state index contributed by atoms with van der Waals surface area (Å²) < 4.78 is 1.21. The Hall–Kier alpha value is -2.15. The second kappa shape index (κ2) is 7.39. The first-order chi connectivity index (χ1) is 12.0. The van der Waals surface area contributed by atoms with Gasteiger partial charge in [-0.15, -0.1) is 11.3 Å². The number of nitrogen functional groups attached to an aromatic ring is 1. The van der Waals surface area contributed by atoms with Crippen LogP contribution in [0.3, 0.4) is 0 Å². The Kier molecular flexibility index (Phi) is 5.22. The molecule has 6 nitrogen and oxygen atoms in total. The van der Waals surface area contributed by atoms with Crippen LogP contribution < -0.4 is 11.3 Å². The summed E-state index contributed by atoms with van der Waals surface area (Å²) in [5.74, 6) is -0.0555. The zero-order valence-corrected chi connectivity index (χ0v) is 15.5. The largest absolute Gasteiger partial charge is 0.394 e. The first kappa shape index (κ1) is 17.7. The van der Waals surface area contributed by atoms with E-state index in [0.717, 1.165) is 42.0 Å². The van der Waals surface area contributed by atoms with Gasteiger partial charge in [-0.05, 0) is 50.8 Å². The monoisotopic (exact) mass is 360 g/mol. The lowest BCUT2D eigenvalue weighted by atomic mass is 10.00. The number of aromatic nitrogens is 2. The molecule has 2 aromatic rings. The lowest BCUT2D eigenvalue weighted by Crippen LogP contribution is -2.46. The van der Waals surface area contributed by atoms with Gasteiger partial charge in [0.1, 0.15) is 17.9 Å². The molecule has 0 spiro atoms. The number of nitrogens with zero attached hydrogens (tertiary/aromatic N) is 3. The molecule has 1 aliphatic heterocycles. The van der Waals surface area contributed by atoms with Crippen LogP contribution in [-0.2, 0) is 11.3 Å². The fraction of sp³-hybridized carbons (Fsp3) is 0.500. The van der Waals surface area contributed by atoms with Crippen molar-refractivity contribution in [1.29, 1.82) is 0 Å². The van der Waals surface area contributed by atoms with Gasteiger partial charge < -0.3 is 10.6 Å². The Morgan fingerprint density at radius 1 is 1.40 bits per heavy atom. The van der Waals surface area contributed by atoms with Crippen LogP contribution in [-0.4, -0.2) is 33.2 Å². The summed E-state index contributed by atoms with van der Waals surface area (Å²) in [6.45, 7) is 4.81. The maximum absolute atomic E-state index is 12.7. The summed E-state index contributed by atoms with van der Waals surface area (Å²) >= 11 is 1.59. The first-order valence-electron chi connectivity index (χ1n) is 8.73. The molecular formula is C18H24N4O2S. The Morgan fingerprint density at radius 3 is 2.88 bits per heavy atom. The summed E-state index contributed by atoms with van der Waals surface area (Å²) in [4.78, 5) is 29.1. The van der Waals surface area contributed by atoms with Gasteiger partial charge in [0, 0.05) is 17.5 Å². The zero-order valence-electron chi connectivity index (χ0n) is 14.7. The second-order valence-electron chi connectivity index (χ2n) is 6.50. The standard InChI is InChI=1S/C18H24N4O2S/c1-3-13-6-4-5-9-21(13)17(23)11-22-18(24)14(19)10-15(20-22)16-8-7-12(2)25-16/h7-8,10,13H,3-6,9,11,19H2,1-2H3/t13-/m0/s1.